The maximum atomic E-state index is 9.54. The zero-order chi connectivity index (χ0) is 16.6. The second-order valence-corrected chi connectivity index (χ2v) is 7.84. The lowest BCUT2D eigenvalue weighted by Crippen LogP contribution is -2.34. The predicted molar refractivity (Wildman–Crippen MR) is 86.4 cm³/mol. The van der Waals surface area contributed by atoms with Crippen molar-refractivity contribution in [3.63, 3.8) is 0 Å². The van der Waals surface area contributed by atoms with Crippen molar-refractivity contribution >= 4 is 0 Å². The summed E-state index contributed by atoms with van der Waals surface area (Å²) < 4.78 is 11.6. The minimum atomic E-state index is -0.201. The fraction of sp³-hybridized carbons (Fsp3) is 1.00. The van der Waals surface area contributed by atoms with E-state index in [0.717, 1.165) is 12.8 Å². The highest BCUT2D eigenvalue weighted by molar-refractivity contribution is 4.76. The van der Waals surface area contributed by atoms with E-state index in [9.17, 15) is 10.2 Å². The highest BCUT2D eigenvalue weighted by Gasteiger charge is 2.28. The molecule has 0 aliphatic rings. The van der Waals surface area contributed by atoms with Crippen molar-refractivity contribution in [3.8, 4) is 0 Å². The largest absolute Gasteiger partial charge is 0.396 e. The monoisotopic (exact) mass is 304 g/mol. The number of hydrogen-bond acceptors (Lipinski definition) is 4. The molecule has 0 aliphatic carbocycles. The van der Waals surface area contributed by atoms with Crippen LogP contribution in [0.2, 0.25) is 0 Å². The van der Waals surface area contributed by atoms with Crippen LogP contribution in [-0.2, 0) is 9.47 Å². The van der Waals surface area contributed by atoms with Crippen molar-refractivity contribution in [3.05, 3.63) is 0 Å². The summed E-state index contributed by atoms with van der Waals surface area (Å²) in [5, 5.41) is 18.7. The van der Waals surface area contributed by atoms with Gasteiger partial charge in [0, 0.05) is 16.2 Å². The molecule has 0 heterocycles. The lowest BCUT2D eigenvalue weighted by Gasteiger charge is -2.32. The first-order valence-electron chi connectivity index (χ1n) is 8.03. The molecule has 0 amide bonds. The third kappa shape index (κ3) is 8.15. The van der Waals surface area contributed by atoms with E-state index in [1.165, 1.54) is 0 Å². The maximum Gasteiger partial charge on any atom is 0.0544 e. The fourth-order valence-electron chi connectivity index (χ4n) is 1.96. The van der Waals surface area contributed by atoms with E-state index in [1.807, 2.05) is 13.8 Å². The first kappa shape index (κ1) is 20.8. The van der Waals surface area contributed by atoms with E-state index >= 15 is 0 Å². The van der Waals surface area contributed by atoms with Crippen LogP contribution >= 0.6 is 0 Å². The van der Waals surface area contributed by atoms with Gasteiger partial charge in [-0.15, -0.1) is 0 Å². The Morgan fingerprint density at radius 3 is 1.48 bits per heavy atom. The van der Waals surface area contributed by atoms with Gasteiger partial charge in [-0.2, -0.15) is 0 Å². The average molecular weight is 304 g/mol. The van der Waals surface area contributed by atoms with Crippen molar-refractivity contribution in [1.82, 2.24) is 0 Å². The fourth-order valence-corrected chi connectivity index (χ4v) is 1.96. The molecule has 0 bridgehead atoms. The molecule has 0 aliphatic heterocycles. The summed E-state index contributed by atoms with van der Waals surface area (Å²) in [5.41, 5.74) is -0.391. The molecule has 0 aromatic rings. The maximum absolute atomic E-state index is 9.54. The number of rotatable bonds is 12. The summed E-state index contributed by atoms with van der Waals surface area (Å²) in [4.78, 5) is 0. The van der Waals surface area contributed by atoms with Crippen LogP contribution < -0.4 is 0 Å². The van der Waals surface area contributed by atoms with Gasteiger partial charge in [0.2, 0.25) is 0 Å². The first-order valence-corrected chi connectivity index (χ1v) is 8.03. The Morgan fingerprint density at radius 2 is 1.10 bits per heavy atom. The van der Waals surface area contributed by atoms with Gasteiger partial charge in [-0.1, -0.05) is 41.5 Å². The highest BCUT2D eigenvalue weighted by Crippen LogP contribution is 2.27. The van der Waals surface area contributed by atoms with Crippen LogP contribution in [0, 0.1) is 16.2 Å². The predicted octanol–water partition coefficient (Wildman–Crippen LogP) is 2.86. The summed E-state index contributed by atoms with van der Waals surface area (Å²) in [6.07, 6.45) is 1.84. The smallest absolute Gasteiger partial charge is 0.0544 e. The topological polar surface area (TPSA) is 58.9 Å². The molecule has 0 radical (unpaired) electrons. The van der Waals surface area contributed by atoms with Gasteiger partial charge in [0.05, 0.1) is 39.6 Å². The zero-order valence-corrected chi connectivity index (χ0v) is 14.9. The Morgan fingerprint density at radius 1 is 0.667 bits per heavy atom. The normalized spacial score (nSPS) is 13.7. The third-order valence-corrected chi connectivity index (χ3v) is 4.15. The Labute approximate surface area is 130 Å². The lowest BCUT2D eigenvalue weighted by molar-refractivity contribution is -0.0606. The molecule has 0 aromatic heterocycles. The Bertz CT molecular complexity index is 262. The van der Waals surface area contributed by atoms with Crippen LogP contribution in [0.1, 0.15) is 54.4 Å². The molecule has 0 fully saturated rings. The van der Waals surface area contributed by atoms with E-state index in [0.29, 0.717) is 26.4 Å². The Kier molecular flexibility index (Phi) is 9.02. The molecule has 0 spiro atoms. The summed E-state index contributed by atoms with van der Waals surface area (Å²) >= 11 is 0. The van der Waals surface area contributed by atoms with E-state index in [2.05, 4.69) is 27.7 Å². The van der Waals surface area contributed by atoms with Gasteiger partial charge in [-0.05, 0) is 12.8 Å². The molecule has 0 atom stereocenters. The van der Waals surface area contributed by atoms with Gasteiger partial charge < -0.3 is 19.7 Å². The van der Waals surface area contributed by atoms with Crippen LogP contribution in [0.4, 0.5) is 0 Å². The summed E-state index contributed by atoms with van der Waals surface area (Å²) in [7, 11) is 0. The van der Waals surface area contributed by atoms with Crippen molar-refractivity contribution in [2.24, 2.45) is 16.2 Å². The van der Waals surface area contributed by atoms with Crippen molar-refractivity contribution in [2.75, 3.05) is 39.6 Å². The van der Waals surface area contributed by atoms with Crippen LogP contribution in [-0.4, -0.2) is 49.9 Å². The zero-order valence-electron chi connectivity index (χ0n) is 14.9. The molecular formula is C17H36O4. The third-order valence-electron chi connectivity index (χ3n) is 4.15. The molecule has 0 saturated heterocycles. The van der Waals surface area contributed by atoms with Gasteiger partial charge in [0.1, 0.15) is 0 Å². The van der Waals surface area contributed by atoms with E-state index in [-0.39, 0.29) is 29.5 Å². The minimum absolute atomic E-state index is 0.0752. The lowest BCUT2D eigenvalue weighted by atomic mass is 9.84. The standard InChI is InChI=1S/C17H36O4/c1-7-17(8-2,10-19)14-21-13-16(5,6)12-20-11-15(3,4)9-18/h18-19H,7-14H2,1-6H3. The molecule has 4 nitrogen and oxygen atoms in total. The summed E-state index contributed by atoms with van der Waals surface area (Å²) in [6.45, 7) is 15.0. The minimum Gasteiger partial charge on any atom is -0.396 e. The van der Waals surface area contributed by atoms with Crippen LogP contribution in [0.3, 0.4) is 0 Å². The van der Waals surface area contributed by atoms with Crippen LogP contribution in [0.25, 0.3) is 0 Å². The molecule has 0 rings (SSSR count). The Balaban J connectivity index is 4.13. The molecule has 0 saturated carbocycles. The molecule has 4 heteroatoms. The van der Waals surface area contributed by atoms with E-state index in [1.54, 1.807) is 0 Å². The van der Waals surface area contributed by atoms with Gasteiger partial charge in [-0.25, -0.2) is 0 Å². The summed E-state index contributed by atoms with van der Waals surface area (Å²) in [5.74, 6) is 0. The van der Waals surface area contributed by atoms with Crippen molar-refractivity contribution in [2.45, 2.75) is 54.4 Å². The molecule has 128 valence electrons. The second kappa shape index (κ2) is 9.09. The van der Waals surface area contributed by atoms with Gasteiger partial charge in [0.25, 0.3) is 0 Å². The molecule has 0 aromatic carbocycles. The second-order valence-electron chi connectivity index (χ2n) is 7.84. The quantitative estimate of drug-likeness (QED) is 0.582. The van der Waals surface area contributed by atoms with Gasteiger partial charge >= 0.3 is 0 Å². The number of ether oxygens (including phenoxy) is 2. The van der Waals surface area contributed by atoms with Crippen LogP contribution in [0.5, 0.6) is 0 Å². The van der Waals surface area contributed by atoms with Crippen molar-refractivity contribution < 1.29 is 19.7 Å². The Hall–Kier alpha value is -0.160. The number of hydrogen-bond donors (Lipinski definition) is 2. The van der Waals surface area contributed by atoms with Gasteiger partial charge in [-0.3, -0.25) is 0 Å². The average Bonchev–Trinajstić information content (AvgIpc) is 2.43. The number of aliphatic hydroxyl groups is 2. The molecular weight excluding hydrogens is 268 g/mol. The van der Waals surface area contributed by atoms with E-state index < -0.39 is 0 Å². The number of aliphatic hydroxyl groups excluding tert-OH is 2. The highest BCUT2D eigenvalue weighted by atomic mass is 16.5. The van der Waals surface area contributed by atoms with Gasteiger partial charge in [0.15, 0.2) is 0 Å². The van der Waals surface area contributed by atoms with E-state index in [4.69, 9.17) is 9.47 Å². The molecule has 2 N–H and O–H groups in total. The van der Waals surface area contributed by atoms with Crippen LogP contribution in [0.15, 0.2) is 0 Å². The molecule has 0 unspecified atom stereocenters. The summed E-state index contributed by atoms with van der Waals surface area (Å²) in [6, 6.07) is 0. The van der Waals surface area contributed by atoms with Crippen molar-refractivity contribution in [1.29, 1.82) is 0 Å². The molecule has 21 heavy (non-hydrogen) atoms. The SMILES string of the molecule is CCC(CC)(CO)COCC(C)(C)COCC(C)(C)CO. The first-order chi connectivity index (χ1) is 9.66.